The van der Waals surface area contributed by atoms with Crippen molar-refractivity contribution in [2.45, 2.75) is 50.5 Å². The molecular formula is C19H31N3O3S. The number of unbranched alkanes of at least 4 members (excludes halogenated alkanes) is 2. The van der Waals surface area contributed by atoms with E-state index in [0.29, 0.717) is 37.6 Å². The topological polar surface area (TPSA) is 69.7 Å². The second-order valence-electron chi connectivity index (χ2n) is 6.96. The molecule has 2 rings (SSSR count). The summed E-state index contributed by atoms with van der Waals surface area (Å²) in [7, 11) is -3.44. The number of piperazine rings is 1. The lowest BCUT2D eigenvalue weighted by Crippen LogP contribution is -2.51. The van der Waals surface area contributed by atoms with Crippen molar-refractivity contribution in [1.29, 1.82) is 0 Å². The lowest BCUT2D eigenvalue weighted by Gasteiger charge is -2.33. The average molecular weight is 382 g/mol. The SMILES string of the molecule is CCCCC[C@@H](C)NC(=O)CN1CCN(S(=O)(=O)c2ccccc2)CC1. The Bertz CT molecular complexity index is 656. The molecule has 146 valence electrons. The predicted molar refractivity (Wildman–Crippen MR) is 103 cm³/mol. The number of hydrogen-bond acceptors (Lipinski definition) is 4. The minimum Gasteiger partial charge on any atom is -0.353 e. The number of carbonyl (C=O) groups excluding carboxylic acids is 1. The third-order valence-electron chi connectivity index (χ3n) is 4.73. The van der Waals surface area contributed by atoms with Gasteiger partial charge in [0.2, 0.25) is 15.9 Å². The van der Waals surface area contributed by atoms with Gasteiger partial charge in [0.15, 0.2) is 0 Å². The highest BCUT2D eigenvalue weighted by Gasteiger charge is 2.28. The number of benzene rings is 1. The molecule has 0 spiro atoms. The molecule has 0 radical (unpaired) electrons. The molecule has 1 aromatic carbocycles. The highest BCUT2D eigenvalue weighted by atomic mass is 32.2. The van der Waals surface area contributed by atoms with Crippen LogP contribution in [0.25, 0.3) is 0 Å². The summed E-state index contributed by atoms with van der Waals surface area (Å²) >= 11 is 0. The zero-order valence-electron chi connectivity index (χ0n) is 15.9. The zero-order chi connectivity index (χ0) is 19.0. The van der Waals surface area contributed by atoms with Crippen LogP contribution in [0.5, 0.6) is 0 Å². The molecule has 1 atom stereocenters. The van der Waals surface area contributed by atoms with Gasteiger partial charge in [-0.25, -0.2) is 8.42 Å². The first-order valence-electron chi connectivity index (χ1n) is 9.50. The third-order valence-corrected chi connectivity index (χ3v) is 6.64. The van der Waals surface area contributed by atoms with Gasteiger partial charge < -0.3 is 5.32 Å². The molecule has 0 bridgehead atoms. The van der Waals surface area contributed by atoms with Gasteiger partial charge in [-0.15, -0.1) is 0 Å². The van der Waals surface area contributed by atoms with E-state index < -0.39 is 10.0 Å². The summed E-state index contributed by atoms with van der Waals surface area (Å²) in [5.74, 6) is 0.0216. The van der Waals surface area contributed by atoms with Crippen molar-refractivity contribution in [1.82, 2.24) is 14.5 Å². The van der Waals surface area contributed by atoms with E-state index in [4.69, 9.17) is 0 Å². The summed E-state index contributed by atoms with van der Waals surface area (Å²) < 4.78 is 26.7. The molecule has 1 aliphatic rings. The first-order valence-corrected chi connectivity index (χ1v) is 10.9. The first-order chi connectivity index (χ1) is 12.4. The number of sulfonamides is 1. The number of hydrogen-bond donors (Lipinski definition) is 1. The van der Waals surface area contributed by atoms with Gasteiger partial charge in [0, 0.05) is 32.2 Å². The van der Waals surface area contributed by atoms with Gasteiger partial charge in [-0.1, -0.05) is 44.4 Å². The summed E-state index contributed by atoms with van der Waals surface area (Å²) in [5.41, 5.74) is 0. The molecule has 0 unspecified atom stereocenters. The summed E-state index contributed by atoms with van der Waals surface area (Å²) in [6.07, 6.45) is 4.51. The van der Waals surface area contributed by atoms with Crippen LogP contribution >= 0.6 is 0 Å². The van der Waals surface area contributed by atoms with E-state index in [1.54, 1.807) is 30.3 Å². The molecular weight excluding hydrogens is 350 g/mol. The van der Waals surface area contributed by atoms with Crippen molar-refractivity contribution in [3.05, 3.63) is 30.3 Å². The Morgan fingerprint density at radius 1 is 1.12 bits per heavy atom. The molecule has 0 aliphatic carbocycles. The van der Waals surface area contributed by atoms with Gasteiger partial charge in [-0.2, -0.15) is 4.31 Å². The Kier molecular flexibility index (Phi) is 8.06. The molecule has 1 aromatic rings. The Hall–Kier alpha value is -1.44. The van der Waals surface area contributed by atoms with Crippen LogP contribution in [0.4, 0.5) is 0 Å². The van der Waals surface area contributed by atoms with Crippen molar-refractivity contribution in [3.63, 3.8) is 0 Å². The molecule has 1 heterocycles. The van der Waals surface area contributed by atoms with Crippen LogP contribution in [0.2, 0.25) is 0 Å². The van der Waals surface area contributed by atoms with Gasteiger partial charge in [-0.3, -0.25) is 9.69 Å². The van der Waals surface area contributed by atoms with E-state index >= 15 is 0 Å². The Morgan fingerprint density at radius 3 is 2.38 bits per heavy atom. The van der Waals surface area contributed by atoms with Crippen LogP contribution in [0, 0.1) is 0 Å². The summed E-state index contributed by atoms with van der Waals surface area (Å²) in [6, 6.07) is 8.70. The minimum absolute atomic E-state index is 0.0216. The predicted octanol–water partition coefficient (Wildman–Crippen LogP) is 2.08. The molecule has 6 nitrogen and oxygen atoms in total. The fraction of sp³-hybridized carbons (Fsp3) is 0.632. The molecule has 7 heteroatoms. The van der Waals surface area contributed by atoms with Crippen LogP contribution < -0.4 is 5.32 Å². The molecule has 1 aliphatic heterocycles. The normalized spacial score (nSPS) is 17.8. The maximum atomic E-state index is 12.6. The zero-order valence-corrected chi connectivity index (χ0v) is 16.7. The van der Waals surface area contributed by atoms with Crippen molar-refractivity contribution < 1.29 is 13.2 Å². The number of rotatable bonds is 9. The van der Waals surface area contributed by atoms with Gasteiger partial charge >= 0.3 is 0 Å². The van der Waals surface area contributed by atoms with E-state index in [-0.39, 0.29) is 11.9 Å². The summed E-state index contributed by atoms with van der Waals surface area (Å²) in [4.78, 5) is 14.5. The van der Waals surface area contributed by atoms with Gasteiger partial charge in [0.05, 0.1) is 11.4 Å². The fourth-order valence-electron chi connectivity index (χ4n) is 3.17. The summed E-state index contributed by atoms with van der Waals surface area (Å²) in [5, 5.41) is 3.04. The number of carbonyl (C=O) groups is 1. The van der Waals surface area contributed by atoms with Gasteiger partial charge in [0.1, 0.15) is 0 Å². The Labute approximate surface area is 157 Å². The third kappa shape index (κ3) is 6.07. The van der Waals surface area contributed by atoms with Crippen LogP contribution in [0.1, 0.15) is 39.5 Å². The van der Waals surface area contributed by atoms with Gasteiger partial charge in [-0.05, 0) is 25.5 Å². The fourth-order valence-corrected chi connectivity index (χ4v) is 4.61. The van der Waals surface area contributed by atoms with Crippen LogP contribution in [-0.2, 0) is 14.8 Å². The molecule has 1 amide bonds. The minimum atomic E-state index is -3.44. The molecule has 1 saturated heterocycles. The Balaban J connectivity index is 1.77. The van der Waals surface area contributed by atoms with E-state index in [2.05, 4.69) is 12.2 Å². The van der Waals surface area contributed by atoms with Gasteiger partial charge in [0.25, 0.3) is 0 Å². The van der Waals surface area contributed by atoms with E-state index in [9.17, 15) is 13.2 Å². The second-order valence-corrected chi connectivity index (χ2v) is 8.90. The van der Waals surface area contributed by atoms with Crippen molar-refractivity contribution >= 4 is 15.9 Å². The highest BCUT2D eigenvalue weighted by Crippen LogP contribution is 2.17. The molecule has 0 aromatic heterocycles. The van der Waals surface area contributed by atoms with Crippen LogP contribution in [0.3, 0.4) is 0 Å². The van der Waals surface area contributed by atoms with Crippen molar-refractivity contribution in [2.24, 2.45) is 0 Å². The lowest BCUT2D eigenvalue weighted by atomic mass is 10.1. The largest absolute Gasteiger partial charge is 0.353 e. The van der Waals surface area contributed by atoms with Crippen molar-refractivity contribution in [2.75, 3.05) is 32.7 Å². The number of nitrogens with one attached hydrogen (secondary N) is 1. The second kappa shape index (κ2) is 10.0. The molecule has 1 N–H and O–H groups in total. The standard InChI is InChI=1S/C19H31N3O3S/c1-3-4-6-9-17(2)20-19(23)16-21-12-14-22(15-13-21)26(24,25)18-10-7-5-8-11-18/h5,7-8,10-11,17H,3-4,6,9,12-16H2,1-2H3,(H,20,23)/t17-/m1/s1. The van der Waals surface area contributed by atoms with E-state index in [0.717, 1.165) is 12.8 Å². The summed E-state index contributed by atoms with van der Waals surface area (Å²) in [6.45, 7) is 6.51. The number of nitrogens with zero attached hydrogens (tertiary/aromatic N) is 2. The first kappa shape index (κ1) is 20.9. The highest BCUT2D eigenvalue weighted by molar-refractivity contribution is 7.89. The maximum absolute atomic E-state index is 12.6. The molecule has 0 saturated carbocycles. The molecule has 26 heavy (non-hydrogen) atoms. The maximum Gasteiger partial charge on any atom is 0.243 e. The molecule has 1 fully saturated rings. The smallest absolute Gasteiger partial charge is 0.243 e. The van der Waals surface area contributed by atoms with E-state index in [1.165, 1.54) is 17.1 Å². The quantitative estimate of drug-likeness (QED) is 0.665. The lowest BCUT2D eigenvalue weighted by molar-refractivity contribution is -0.123. The van der Waals surface area contributed by atoms with Crippen LogP contribution in [-0.4, -0.2) is 62.3 Å². The van der Waals surface area contributed by atoms with Crippen molar-refractivity contribution in [3.8, 4) is 0 Å². The Morgan fingerprint density at radius 2 is 1.77 bits per heavy atom. The number of amides is 1. The monoisotopic (exact) mass is 381 g/mol. The average Bonchev–Trinajstić information content (AvgIpc) is 2.63. The van der Waals surface area contributed by atoms with E-state index in [1.807, 2.05) is 11.8 Å². The van der Waals surface area contributed by atoms with Crippen LogP contribution in [0.15, 0.2) is 35.2 Å².